The maximum absolute atomic E-state index is 12.2. The number of urea groups is 1. The maximum Gasteiger partial charge on any atom is 0.317 e. The van der Waals surface area contributed by atoms with E-state index in [-0.39, 0.29) is 24.3 Å². The molecule has 2 aromatic rings. The van der Waals surface area contributed by atoms with Crippen LogP contribution >= 0.6 is 0 Å². The number of furan rings is 1. The Morgan fingerprint density at radius 1 is 1.36 bits per heavy atom. The highest BCUT2D eigenvalue weighted by Crippen LogP contribution is 2.17. The highest BCUT2D eigenvalue weighted by molar-refractivity contribution is 5.92. The lowest BCUT2D eigenvalue weighted by molar-refractivity contribution is 0.0917. The minimum absolute atomic E-state index is 0.0937. The molecule has 0 unspecified atom stereocenters. The van der Waals surface area contributed by atoms with Crippen molar-refractivity contribution in [1.29, 1.82) is 0 Å². The number of benzene rings is 1. The van der Waals surface area contributed by atoms with Crippen molar-refractivity contribution in [2.75, 3.05) is 26.2 Å². The Balaban J connectivity index is 1.50. The fraction of sp³-hybridized carbons (Fsp3) is 0.333. The topological polar surface area (TPSA) is 83.8 Å². The molecule has 3 rings (SSSR count). The van der Waals surface area contributed by atoms with Gasteiger partial charge in [0.15, 0.2) is 5.76 Å². The smallest absolute Gasteiger partial charge is 0.317 e. The van der Waals surface area contributed by atoms with E-state index in [1.807, 2.05) is 37.3 Å². The molecule has 0 radical (unpaired) electrons. The monoisotopic (exact) mass is 343 g/mol. The van der Waals surface area contributed by atoms with Gasteiger partial charge in [-0.15, -0.1) is 0 Å². The van der Waals surface area contributed by atoms with E-state index < -0.39 is 0 Å². The zero-order valence-corrected chi connectivity index (χ0v) is 14.1. The summed E-state index contributed by atoms with van der Waals surface area (Å²) in [6.07, 6.45) is 0. The third-order valence-electron chi connectivity index (χ3n) is 3.91. The number of carbonyl (C=O) groups excluding carboxylic acids is 2. The van der Waals surface area contributed by atoms with Gasteiger partial charge in [0.2, 0.25) is 0 Å². The second-order valence-corrected chi connectivity index (χ2v) is 5.80. The zero-order valence-electron chi connectivity index (χ0n) is 14.1. The third-order valence-corrected chi connectivity index (χ3v) is 3.91. The predicted octanol–water partition coefficient (Wildman–Crippen LogP) is 1.92. The normalized spacial score (nSPS) is 13.6. The van der Waals surface area contributed by atoms with Gasteiger partial charge in [-0.05, 0) is 25.1 Å². The van der Waals surface area contributed by atoms with Gasteiger partial charge in [-0.3, -0.25) is 4.79 Å². The SMILES string of the molecule is Cc1cc(COc2ccccc2)oc1C(=O)NCCN1CCNC1=O. The van der Waals surface area contributed by atoms with Crippen molar-refractivity contribution in [2.45, 2.75) is 13.5 Å². The molecule has 1 aromatic carbocycles. The second-order valence-electron chi connectivity index (χ2n) is 5.80. The lowest BCUT2D eigenvalue weighted by Gasteiger charge is -2.13. The van der Waals surface area contributed by atoms with Crippen LogP contribution in [0.15, 0.2) is 40.8 Å². The molecule has 0 spiro atoms. The number of carbonyl (C=O) groups is 2. The number of hydrogen-bond donors (Lipinski definition) is 2. The van der Waals surface area contributed by atoms with Crippen molar-refractivity contribution in [3.8, 4) is 5.75 Å². The zero-order chi connectivity index (χ0) is 17.6. The summed E-state index contributed by atoms with van der Waals surface area (Å²) < 4.78 is 11.2. The van der Waals surface area contributed by atoms with E-state index in [0.717, 1.165) is 11.3 Å². The molecule has 0 bridgehead atoms. The van der Waals surface area contributed by atoms with Crippen LogP contribution in [0.1, 0.15) is 21.9 Å². The quantitative estimate of drug-likeness (QED) is 0.804. The summed E-state index contributed by atoms with van der Waals surface area (Å²) in [5, 5.41) is 5.50. The molecule has 1 fully saturated rings. The second kappa shape index (κ2) is 7.74. The van der Waals surface area contributed by atoms with Crippen LogP contribution in [-0.2, 0) is 6.61 Å². The van der Waals surface area contributed by atoms with Gasteiger partial charge < -0.3 is 24.7 Å². The highest BCUT2D eigenvalue weighted by atomic mass is 16.5. The summed E-state index contributed by atoms with van der Waals surface area (Å²) in [5.41, 5.74) is 0.753. The molecule has 1 aliphatic heterocycles. The van der Waals surface area contributed by atoms with Crippen LogP contribution in [0.25, 0.3) is 0 Å². The van der Waals surface area contributed by atoms with E-state index in [0.29, 0.717) is 31.9 Å². The predicted molar refractivity (Wildman–Crippen MR) is 91.5 cm³/mol. The number of para-hydroxylation sites is 1. The number of nitrogens with one attached hydrogen (secondary N) is 2. The largest absolute Gasteiger partial charge is 0.486 e. The minimum Gasteiger partial charge on any atom is -0.486 e. The summed E-state index contributed by atoms with van der Waals surface area (Å²) in [6, 6.07) is 11.1. The molecule has 25 heavy (non-hydrogen) atoms. The average molecular weight is 343 g/mol. The molecule has 3 amide bonds. The van der Waals surface area contributed by atoms with E-state index in [1.54, 1.807) is 11.0 Å². The Kier molecular flexibility index (Phi) is 5.23. The molecule has 1 aromatic heterocycles. The first kappa shape index (κ1) is 16.9. The molecular formula is C18H21N3O4. The van der Waals surface area contributed by atoms with Crippen molar-refractivity contribution in [2.24, 2.45) is 0 Å². The van der Waals surface area contributed by atoms with Gasteiger partial charge in [0, 0.05) is 31.7 Å². The van der Waals surface area contributed by atoms with E-state index in [1.165, 1.54) is 0 Å². The Morgan fingerprint density at radius 3 is 2.88 bits per heavy atom. The van der Waals surface area contributed by atoms with Crippen LogP contribution in [-0.4, -0.2) is 43.0 Å². The Morgan fingerprint density at radius 2 is 2.16 bits per heavy atom. The van der Waals surface area contributed by atoms with Gasteiger partial charge in [0.05, 0.1) is 0 Å². The number of hydrogen-bond acceptors (Lipinski definition) is 4. The van der Waals surface area contributed by atoms with Crippen LogP contribution < -0.4 is 15.4 Å². The van der Waals surface area contributed by atoms with Gasteiger partial charge >= 0.3 is 6.03 Å². The molecule has 132 valence electrons. The number of rotatable bonds is 7. The van der Waals surface area contributed by atoms with Crippen LogP contribution in [0.3, 0.4) is 0 Å². The first-order valence-corrected chi connectivity index (χ1v) is 8.21. The molecule has 7 nitrogen and oxygen atoms in total. The number of amides is 3. The molecule has 0 atom stereocenters. The molecule has 2 N–H and O–H groups in total. The maximum atomic E-state index is 12.2. The fourth-order valence-electron chi connectivity index (χ4n) is 2.62. The fourth-order valence-corrected chi connectivity index (χ4v) is 2.62. The lowest BCUT2D eigenvalue weighted by Crippen LogP contribution is -2.36. The summed E-state index contributed by atoms with van der Waals surface area (Å²) in [4.78, 5) is 25.3. The van der Waals surface area contributed by atoms with E-state index in [9.17, 15) is 9.59 Å². The van der Waals surface area contributed by atoms with Gasteiger partial charge in [-0.25, -0.2) is 4.79 Å². The van der Waals surface area contributed by atoms with Gasteiger partial charge in [0.25, 0.3) is 5.91 Å². The molecule has 1 aliphatic rings. The van der Waals surface area contributed by atoms with E-state index in [4.69, 9.17) is 9.15 Å². The highest BCUT2D eigenvalue weighted by Gasteiger charge is 2.20. The van der Waals surface area contributed by atoms with Crippen molar-refractivity contribution in [3.05, 3.63) is 53.5 Å². The van der Waals surface area contributed by atoms with Crippen molar-refractivity contribution >= 4 is 11.9 Å². The van der Waals surface area contributed by atoms with Gasteiger partial charge in [0.1, 0.15) is 18.1 Å². The number of nitrogens with zero attached hydrogens (tertiary/aromatic N) is 1. The van der Waals surface area contributed by atoms with Crippen LogP contribution in [0.4, 0.5) is 4.79 Å². The molecule has 0 aliphatic carbocycles. The Labute approximate surface area is 145 Å². The van der Waals surface area contributed by atoms with Gasteiger partial charge in [-0.2, -0.15) is 0 Å². The van der Waals surface area contributed by atoms with Crippen molar-refractivity contribution in [1.82, 2.24) is 15.5 Å². The Hall–Kier alpha value is -2.96. The number of aryl methyl sites for hydroxylation is 1. The van der Waals surface area contributed by atoms with Crippen LogP contribution in [0.5, 0.6) is 5.75 Å². The molecular weight excluding hydrogens is 322 g/mol. The molecule has 2 heterocycles. The molecule has 7 heteroatoms. The van der Waals surface area contributed by atoms with E-state index >= 15 is 0 Å². The standard InChI is InChI=1S/C18H21N3O4/c1-13-11-15(12-24-14-5-3-2-4-6-14)25-16(13)17(22)19-7-9-21-10-8-20-18(21)23/h2-6,11H,7-10,12H2,1H3,(H,19,22)(H,20,23). The van der Waals surface area contributed by atoms with E-state index in [2.05, 4.69) is 10.6 Å². The summed E-state index contributed by atoms with van der Waals surface area (Å²) in [6.45, 7) is 4.23. The molecule has 0 saturated carbocycles. The summed E-state index contributed by atoms with van der Waals surface area (Å²) in [5.74, 6) is 1.32. The summed E-state index contributed by atoms with van der Waals surface area (Å²) >= 11 is 0. The third kappa shape index (κ3) is 4.32. The van der Waals surface area contributed by atoms with Crippen molar-refractivity contribution < 1.29 is 18.7 Å². The average Bonchev–Trinajstić information content (AvgIpc) is 3.19. The Bertz CT molecular complexity index is 742. The first-order chi connectivity index (χ1) is 12.1. The van der Waals surface area contributed by atoms with Crippen LogP contribution in [0.2, 0.25) is 0 Å². The van der Waals surface area contributed by atoms with Crippen LogP contribution in [0, 0.1) is 6.92 Å². The lowest BCUT2D eigenvalue weighted by atomic mass is 10.2. The minimum atomic E-state index is -0.289. The van der Waals surface area contributed by atoms with Gasteiger partial charge in [-0.1, -0.05) is 18.2 Å². The molecule has 1 saturated heterocycles. The van der Waals surface area contributed by atoms with Crippen molar-refractivity contribution in [3.63, 3.8) is 0 Å². The first-order valence-electron chi connectivity index (χ1n) is 8.21. The number of ether oxygens (including phenoxy) is 1. The summed E-state index contributed by atoms with van der Waals surface area (Å²) in [7, 11) is 0.